The number of nitrogens with zero attached hydrogens (tertiary/aromatic N) is 5. The highest BCUT2D eigenvalue weighted by atomic mass is 15.2. The molecule has 150 valence electrons. The summed E-state index contributed by atoms with van der Waals surface area (Å²) in [4.78, 5) is 18.2. The minimum Gasteiger partial charge on any atom is -0.370 e. The van der Waals surface area contributed by atoms with Crippen LogP contribution in [0, 0.1) is 0 Å². The van der Waals surface area contributed by atoms with Crippen molar-refractivity contribution < 1.29 is 0 Å². The number of pyridine rings is 1. The van der Waals surface area contributed by atoms with Crippen LogP contribution in [-0.2, 0) is 0 Å². The summed E-state index contributed by atoms with van der Waals surface area (Å²) in [5.74, 6) is 1.44. The van der Waals surface area contributed by atoms with Crippen molar-refractivity contribution in [3.05, 3.63) is 54.9 Å². The molecule has 4 rings (SSSR count). The van der Waals surface area contributed by atoms with Crippen molar-refractivity contribution in [2.24, 2.45) is 0 Å². The first-order valence-electron chi connectivity index (χ1n) is 10.0. The van der Waals surface area contributed by atoms with Crippen LogP contribution in [0.4, 0.5) is 23.1 Å². The van der Waals surface area contributed by atoms with Gasteiger partial charge in [0.25, 0.3) is 0 Å². The Balaban J connectivity index is 1.48. The summed E-state index contributed by atoms with van der Waals surface area (Å²) in [6.45, 7) is 7.16. The van der Waals surface area contributed by atoms with Gasteiger partial charge in [-0.1, -0.05) is 6.07 Å². The Morgan fingerprint density at radius 1 is 1.00 bits per heavy atom. The summed E-state index contributed by atoms with van der Waals surface area (Å²) < 4.78 is 0. The number of likely N-dealkylation sites (N-methyl/N-ethyl adjacent to an activating group) is 1. The van der Waals surface area contributed by atoms with E-state index in [2.05, 4.69) is 67.6 Å². The molecule has 7 nitrogen and oxygen atoms in total. The van der Waals surface area contributed by atoms with Gasteiger partial charge in [0.2, 0.25) is 5.95 Å². The number of piperazine rings is 1. The Kier molecular flexibility index (Phi) is 5.86. The van der Waals surface area contributed by atoms with E-state index >= 15 is 0 Å². The minimum absolute atomic E-state index is 0.578. The van der Waals surface area contributed by atoms with Gasteiger partial charge in [-0.15, -0.1) is 0 Å². The molecule has 2 N–H and O–H groups in total. The molecule has 1 aromatic carbocycles. The number of hydrogen-bond acceptors (Lipinski definition) is 7. The second kappa shape index (κ2) is 8.87. The number of aromatic nitrogens is 3. The van der Waals surface area contributed by atoms with Gasteiger partial charge in [-0.2, -0.15) is 0 Å². The highest BCUT2D eigenvalue weighted by molar-refractivity contribution is 5.65. The molecule has 0 saturated carbocycles. The van der Waals surface area contributed by atoms with Crippen molar-refractivity contribution >= 4 is 23.1 Å². The van der Waals surface area contributed by atoms with Crippen LogP contribution in [-0.4, -0.2) is 59.6 Å². The molecule has 1 aliphatic heterocycles. The van der Waals surface area contributed by atoms with Gasteiger partial charge in [-0.25, -0.2) is 15.0 Å². The summed E-state index contributed by atoms with van der Waals surface area (Å²) in [6.07, 6.45) is 3.60. The highest BCUT2D eigenvalue weighted by Crippen LogP contribution is 2.24. The van der Waals surface area contributed by atoms with Crippen molar-refractivity contribution in [3.63, 3.8) is 0 Å². The first-order chi connectivity index (χ1) is 14.2. The Labute approximate surface area is 171 Å². The summed E-state index contributed by atoms with van der Waals surface area (Å²) in [5.41, 5.74) is 4.01. The average Bonchev–Trinajstić information content (AvgIpc) is 2.75. The molecular formula is C22H27N7. The molecule has 0 aliphatic carbocycles. The molecular weight excluding hydrogens is 362 g/mol. The molecule has 0 spiro atoms. The number of benzene rings is 1. The topological polar surface area (TPSA) is 69.2 Å². The molecule has 3 aromatic rings. The monoisotopic (exact) mass is 389 g/mol. The van der Waals surface area contributed by atoms with Gasteiger partial charge >= 0.3 is 0 Å². The van der Waals surface area contributed by atoms with Gasteiger partial charge in [0.1, 0.15) is 5.82 Å². The zero-order chi connectivity index (χ0) is 20.1. The molecule has 1 saturated heterocycles. The largest absolute Gasteiger partial charge is 0.370 e. The Morgan fingerprint density at radius 2 is 1.86 bits per heavy atom. The fraction of sp³-hybridized carbons (Fsp3) is 0.318. The predicted octanol–water partition coefficient (Wildman–Crippen LogP) is 3.47. The van der Waals surface area contributed by atoms with Crippen molar-refractivity contribution in [1.82, 2.24) is 19.9 Å². The van der Waals surface area contributed by atoms with Crippen molar-refractivity contribution in [2.75, 3.05) is 55.3 Å². The van der Waals surface area contributed by atoms with Crippen molar-refractivity contribution in [3.8, 4) is 11.3 Å². The molecule has 0 atom stereocenters. The third kappa shape index (κ3) is 4.81. The van der Waals surface area contributed by atoms with Gasteiger partial charge in [0.05, 0.1) is 5.69 Å². The summed E-state index contributed by atoms with van der Waals surface area (Å²) in [5, 5.41) is 6.54. The molecule has 0 bridgehead atoms. The second-order valence-electron chi connectivity index (χ2n) is 7.19. The molecule has 29 heavy (non-hydrogen) atoms. The second-order valence-corrected chi connectivity index (χ2v) is 7.19. The van der Waals surface area contributed by atoms with Crippen LogP contribution < -0.4 is 15.5 Å². The maximum absolute atomic E-state index is 4.66. The Hall–Kier alpha value is -3.19. The Bertz CT molecular complexity index is 934. The van der Waals surface area contributed by atoms with Crippen LogP contribution in [0.5, 0.6) is 0 Å². The normalized spacial score (nSPS) is 14.6. The summed E-state index contributed by atoms with van der Waals surface area (Å²) >= 11 is 0. The quantitative estimate of drug-likeness (QED) is 0.669. The number of rotatable bonds is 6. The maximum atomic E-state index is 4.66. The average molecular weight is 390 g/mol. The SMILES string of the molecule is CCNc1ccc(-c2ccnc(Nc3cccc(N4CCN(C)CC4)c3)n2)cn1. The minimum atomic E-state index is 0.578. The molecule has 2 aromatic heterocycles. The molecule has 0 amide bonds. The summed E-state index contributed by atoms with van der Waals surface area (Å²) in [6, 6.07) is 14.3. The third-order valence-corrected chi connectivity index (χ3v) is 5.04. The first kappa shape index (κ1) is 19.1. The van der Waals surface area contributed by atoms with Crippen molar-refractivity contribution in [1.29, 1.82) is 0 Å². The fourth-order valence-corrected chi connectivity index (χ4v) is 3.38. The molecule has 0 radical (unpaired) electrons. The van der Waals surface area contributed by atoms with E-state index in [1.165, 1.54) is 5.69 Å². The third-order valence-electron chi connectivity index (χ3n) is 5.04. The molecule has 7 heteroatoms. The van der Waals surface area contributed by atoms with Crippen molar-refractivity contribution in [2.45, 2.75) is 6.92 Å². The van der Waals surface area contributed by atoms with E-state index in [1.54, 1.807) is 6.20 Å². The standard InChI is InChI=1S/C22H27N7/c1-3-23-21-8-7-17(16-25-21)20-9-10-24-22(27-20)26-18-5-4-6-19(15-18)29-13-11-28(2)12-14-29/h4-10,15-16H,3,11-14H2,1-2H3,(H,23,25)(H,24,26,27). The zero-order valence-electron chi connectivity index (χ0n) is 17.0. The first-order valence-corrected chi connectivity index (χ1v) is 10.0. The van der Waals surface area contributed by atoms with Gasteiger partial charge in [0, 0.05) is 62.1 Å². The highest BCUT2D eigenvalue weighted by Gasteiger charge is 2.14. The molecule has 1 aliphatic rings. The number of hydrogen-bond donors (Lipinski definition) is 2. The lowest BCUT2D eigenvalue weighted by atomic mass is 10.2. The lowest BCUT2D eigenvalue weighted by molar-refractivity contribution is 0.313. The molecule has 1 fully saturated rings. The predicted molar refractivity (Wildman–Crippen MR) is 119 cm³/mol. The van der Waals surface area contributed by atoms with E-state index in [4.69, 9.17) is 0 Å². The fourth-order valence-electron chi connectivity index (χ4n) is 3.38. The van der Waals surface area contributed by atoms with Crippen LogP contribution in [0.2, 0.25) is 0 Å². The van der Waals surface area contributed by atoms with Crippen LogP contribution in [0.25, 0.3) is 11.3 Å². The van der Waals surface area contributed by atoms with Gasteiger partial charge in [-0.3, -0.25) is 0 Å². The van der Waals surface area contributed by atoms with E-state index in [-0.39, 0.29) is 0 Å². The number of nitrogens with one attached hydrogen (secondary N) is 2. The van der Waals surface area contributed by atoms with Gasteiger partial charge < -0.3 is 20.4 Å². The van der Waals surface area contributed by atoms with Gasteiger partial charge in [-0.05, 0) is 50.4 Å². The summed E-state index contributed by atoms with van der Waals surface area (Å²) in [7, 11) is 2.17. The van der Waals surface area contributed by atoms with Gasteiger partial charge in [0.15, 0.2) is 0 Å². The Morgan fingerprint density at radius 3 is 2.62 bits per heavy atom. The lowest BCUT2D eigenvalue weighted by Gasteiger charge is -2.34. The van der Waals surface area contributed by atoms with Crippen LogP contribution in [0.15, 0.2) is 54.9 Å². The lowest BCUT2D eigenvalue weighted by Crippen LogP contribution is -2.44. The van der Waals surface area contributed by atoms with E-state index < -0.39 is 0 Å². The van der Waals surface area contributed by atoms with E-state index in [0.717, 1.165) is 55.5 Å². The van der Waals surface area contributed by atoms with Crippen LogP contribution >= 0.6 is 0 Å². The molecule has 0 unspecified atom stereocenters. The van der Waals surface area contributed by atoms with E-state index in [1.807, 2.05) is 30.5 Å². The van der Waals surface area contributed by atoms with E-state index in [0.29, 0.717) is 5.95 Å². The maximum Gasteiger partial charge on any atom is 0.227 e. The number of anilines is 4. The van der Waals surface area contributed by atoms with Crippen LogP contribution in [0.1, 0.15) is 6.92 Å². The molecule has 3 heterocycles. The zero-order valence-corrected chi connectivity index (χ0v) is 17.0. The van der Waals surface area contributed by atoms with Crippen LogP contribution in [0.3, 0.4) is 0 Å². The van der Waals surface area contributed by atoms with E-state index in [9.17, 15) is 0 Å². The smallest absolute Gasteiger partial charge is 0.227 e.